The maximum atomic E-state index is 12.9. The summed E-state index contributed by atoms with van der Waals surface area (Å²) >= 11 is 0. The molecule has 150 valence electrons. The molecule has 28 heavy (non-hydrogen) atoms. The second-order valence-corrected chi connectivity index (χ2v) is 7.77. The first-order valence-electron chi connectivity index (χ1n) is 9.47. The van der Waals surface area contributed by atoms with Crippen molar-refractivity contribution in [2.24, 2.45) is 24.8 Å². The predicted molar refractivity (Wildman–Crippen MR) is 97.6 cm³/mol. The molecule has 2 fully saturated rings. The lowest BCUT2D eigenvalue weighted by atomic mass is 10.1. The van der Waals surface area contributed by atoms with E-state index in [1.54, 1.807) is 35.1 Å². The second kappa shape index (κ2) is 7.24. The number of benzene rings is 1. The molecular weight excluding hydrogens is 369 g/mol. The number of carbonyl (C=O) groups excluding carboxylic acids is 1. The van der Waals surface area contributed by atoms with Crippen molar-refractivity contribution >= 4 is 5.91 Å². The van der Waals surface area contributed by atoms with Crippen LogP contribution in [0.5, 0.6) is 0 Å². The van der Waals surface area contributed by atoms with E-state index in [1.807, 2.05) is 0 Å². The van der Waals surface area contributed by atoms with E-state index in [0.29, 0.717) is 48.5 Å². The summed E-state index contributed by atoms with van der Waals surface area (Å²) in [7, 11) is 1.80. The van der Waals surface area contributed by atoms with Gasteiger partial charge in [0.1, 0.15) is 5.69 Å². The van der Waals surface area contributed by atoms with Crippen LogP contribution in [0.25, 0.3) is 0 Å². The summed E-state index contributed by atoms with van der Waals surface area (Å²) in [5.74, 6) is 1.51. The molecule has 1 amide bonds. The van der Waals surface area contributed by atoms with Gasteiger partial charge in [0, 0.05) is 26.3 Å². The molecule has 1 saturated heterocycles. The number of halogens is 3. The third-order valence-electron chi connectivity index (χ3n) is 5.84. The van der Waals surface area contributed by atoms with Gasteiger partial charge in [-0.25, -0.2) is 4.98 Å². The summed E-state index contributed by atoms with van der Waals surface area (Å²) in [5, 5.41) is 3.34. The van der Waals surface area contributed by atoms with Gasteiger partial charge in [-0.2, -0.15) is 13.2 Å². The molecule has 8 heteroatoms. The number of imidazole rings is 1. The third kappa shape index (κ3) is 3.92. The number of amides is 1. The van der Waals surface area contributed by atoms with Gasteiger partial charge in [0.15, 0.2) is 0 Å². The van der Waals surface area contributed by atoms with Gasteiger partial charge in [-0.05, 0) is 48.9 Å². The Bertz CT molecular complexity index is 853. The lowest BCUT2D eigenvalue weighted by Gasteiger charge is -2.23. The Morgan fingerprint density at radius 3 is 2.71 bits per heavy atom. The topological polar surface area (TPSA) is 50.2 Å². The highest BCUT2D eigenvalue weighted by Crippen LogP contribution is 2.49. The number of carbonyl (C=O) groups is 1. The molecule has 4 rings (SSSR count). The first-order chi connectivity index (χ1) is 13.3. The molecule has 1 saturated carbocycles. The molecule has 5 nitrogen and oxygen atoms in total. The predicted octanol–water partition coefficient (Wildman–Crippen LogP) is 2.59. The van der Waals surface area contributed by atoms with Gasteiger partial charge in [0.2, 0.25) is 0 Å². The van der Waals surface area contributed by atoms with E-state index in [1.165, 1.54) is 12.1 Å². The number of aryl methyl sites for hydroxylation is 1. The summed E-state index contributed by atoms with van der Waals surface area (Å²) in [6, 6.07) is 5.33. The molecule has 1 aromatic heterocycles. The van der Waals surface area contributed by atoms with E-state index >= 15 is 0 Å². The van der Waals surface area contributed by atoms with E-state index in [9.17, 15) is 18.0 Å². The quantitative estimate of drug-likeness (QED) is 0.822. The van der Waals surface area contributed by atoms with Crippen molar-refractivity contribution in [2.45, 2.75) is 12.6 Å². The minimum atomic E-state index is -4.36. The summed E-state index contributed by atoms with van der Waals surface area (Å²) in [6.07, 6.45) is -0.733. The molecule has 1 N–H and O–H groups in total. The van der Waals surface area contributed by atoms with Gasteiger partial charge < -0.3 is 14.8 Å². The van der Waals surface area contributed by atoms with Crippen molar-refractivity contribution in [3.8, 4) is 0 Å². The normalized spacial score (nSPS) is 23.5. The van der Waals surface area contributed by atoms with Gasteiger partial charge in [-0.1, -0.05) is 18.2 Å². The van der Waals surface area contributed by atoms with Crippen molar-refractivity contribution in [1.82, 2.24) is 19.8 Å². The van der Waals surface area contributed by atoms with Crippen molar-refractivity contribution < 1.29 is 18.0 Å². The Labute approximate surface area is 161 Å². The summed E-state index contributed by atoms with van der Waals surface area (Å²) < 4.78 is 40.6. The molecular formula is C20H23F3N4O. The summed E-state index contributed by atoms with van der Waals surface area (Å²) in [6.45, 7) is 2.97. The van der Waals surface area contributed by atoms with Crippen LogP contribution in [0.3, 0.4) is 0 Å². The monoisotopic (exact) mass is 392 g/mol. The molecule has 0 spiro atoms. The van der Waals surface area contributed by atoms with Crippen LogP contribution in [0, 0.1) is 17.8 Å². The standard InChI is InChI=1S/C20H23F3N4O/c1-26-11-18(25-12-26)19(28)27(10-17-15-8-24-9-16(15)17)6-5-13-3-2-4-14(7-13)20(21,22)23/h2-4,7,11-12,15-17,24H,5-6,8-10H2,1H3. The zero-order valence-corrected chi connectivity index (χ0v) is 15.6. The van der Waals surface area contributed by atoms with Crippen LogP contribution >= 0.6 is 0 Å². The van der Waals surface area contributed by atoms with Crippen molar-refractivity contribution in [2.75, 3.05) is 26.2 Å². The van der Waals surface area contributed by atoms with Crippen LogP contribution in [0.2, 0.25) is 0 Å². The van der Waals surface area contributed by atoms with Crippen molar-refractivity contribution in [1.29, 1.82) is 0 Å². The number of aromatic nitrogens is 2. The van der Waals surface area contributed by atoms with E-state index in [-0.39, 0.29) is 5.91 Å². The lowest BCUT2D eigenvalue weighted by molar-refractivity contribution is -0.137. The molecule has 0 radical (unpaired) electrons. The highest BCUT2D eigenvalue weighted by Gasteiger charge is 2.53. The van der Waals surface area contributed by atoms with Crippen LogP contribution in [0.4, 0.5) is 13.2 Å². The Morgan fingerprint density at radius 1 is 1.32 bits per heavy atom. The fourth-order valence-corrected chi connectivity index (χ4v) is 4.20. The van der Waals surface area contributed by atoms with E-state index in [4.69, 9.17) is 0 Å². The minimum Gasteiger partial charge on any atom is -0.340 e. The number of nitrogens with zero attached hydrogens (tertiary/aromatic N) is 3. The van der Waals surface area contributed by atoms with Crippen molar-refractivity contribution in [3.05, 3.63) is 53.6 Å². The molecule has 2 aliphatic rings. The Morgan fingerprint density at radius 2 is 2.07 bits per heavy atom. The van der Waals surface area contributed by atoms with Gasteiger partial charge in [0.25, 0.3) is 5.91 Å². The zero-order valence-electron chi connectivity index (χ0n) is 15.6. The summed E-state index contributed by atoms with van der Waals surface area (Å²) in [5.41, 5.74) is 0.289. The van der Waals surface area contributed by atoms with Crippen LogP contribution in [-0.4, -0.2) is 46.5 Å². The van der Waals surface area contributed by atoms with Gasteiger partial charge in [-0.15, -0.1) is 0 Å². The highest BCUT2D eigenvalue weighted by atomic mass is 19.4. The molecule has 1 aromatic carbocycles. The zero-order chi connectivity index (χ0) is 19.9. The first kappa shape index (κ1) is 19.0. The van der Waals surface area contributed by atoms with Crippen LogP contribution < -0.4 is 5.32 Å². The molecule has 2 atom stereocenters. The van der Waals surface area contributed by atoms with Crippen LogP contribution in [0.15, 0.2) is 36.8 Å². The Balaban J connectivity index is 1.47. The van der Waals surface area contributed by atoms with Crippen molar-refractivity contribution in [3.63, 3.8) is 0 Å². The molecule has 0 bridgehead atoms. The Kier molecular flexibility index (Phi) is 4.91. The van der Waals surface area contributed by atoms with E-state index in [2.05, 4.69) is 10.3 Å². The van der Waals surface area contributed by atoms with Crippen LogP contribution in [0.1, 0.15) is 21.6 Å². The fraction of sp³-hybridized carbons (Fsp3) is 0.500. The minimum absolute atomic E-state index is 0.162. The number of piperidine rings is 1. The number of fused-ring (bicyclic) bond motifs is 1. The van der Waals surface area contributed by atoms with Crippen LogP contribution in [-0.2, 0) is 19.6 Å². The first-order valence-corrected chi connectivity index (χ1v) is 9.47. The highest BCUT2D eigenvalue weighted by molar-refractivity contribution is 5.92. The van der Waals surface area contributed by atoms with Gasteiger partial charge in [-0.3, -0.25) is 4.79 Å². The number of nitrogens with one attached hydrogen (secondary N) is 1. The SMILES string of the molecule is Cn1cnc(C(=O)N(CCc2cccc(C(F)(F)F)c2)CC2C3CNCC32)c1. The summed E-state index contributed by atoms with van der Waals surface area (Å²) in [4.78, 5) is 18.8. The maximum Gasteiger partial charge on any atom is 0.416 e. The maximum absolute atomic E-state index is 12.9. The molecule has 2 heterocycles. The fourth-order valence-electron chi connectivity index (χ4n) is 4.20. The molecule has 1 aliphatic heterocycles. The number of hydrogen-bond donors (Lipinski definition) is 1. The van der Waals surface area contributed by atoms with Gasteiger partial charge >= 0.3 is 6.18 Å². The smallest absolute Gasteiger partial charge is 0.340 e. The lowest BCUT2D eigenvalue weighted by Crippen LogP contribution is -2.36. The number of alkyl halides is 3. The van der Waals surface area contributed by atoms with E-state index < -0.39 is 11.7 Å². The molecule has 2 unspecified atom stereocenters. The number of hydrogen-bond acceptors (Lipinski definition) is 3. The number of rotatable bonds is 6. The largest absolute Gasteiger partial charge is 0.416 e. The second-order valence-electron chi connectivity index (χ2n) is 7.77. The molecule has 1 aliphatic carbocycles. The third-order valence-corrected chi connectivity index (χ3v) is 5.84. The Hall–Kier alpha value is -2.35. The molecule has 2 aromatic rings. The van der Waals surface area contributed by atoms with Gasteiger partial charge in [0.05, 0.1) is 11.9 Å². The van der Waals surface area contributed by atoms with E-state index in [0.717, 1.165) is 19.2 Å². The average molecular weight is 392 g/mol. The average Bonchev–Trinajstić information content (AvgIpc) is 3.03.